The van der Waals surface area contributed by atoms with Gasteiger partial charge in [0.2, 0.25) is 5.91 Å². The Bertz CT molecular complexity index is 1020. The lowest BCUT2D eigenvalue weighted by atomic mass is 10.2. The first-order valence-corrected chi connectivity index (χ1v) is 11.5. The van der Waals surface area contributed by atoms with E-state index in [1.165, 1.54) is 12.8 Å². The summed E-state index contributed by atoms with van der Waals surface area (Å²) in [7, 11) is 0. The monoisotopic (exact) mass is 436 g/mol. The van der Waals surface area contributed by atoms with Gasteiger partial charge in [-0.1, -0.05) is 31.9 Å². The molecule has 2 heterocycles. The summed E-state index contributed by atoms with van der Waals surface area (Å²) in [6.07, 6.45) is 4.41. The first-order valence-electron chi connectivity index (χ1n) is 11.5. The summed E-state index contributed by atoms with van der Waals surface area (Å²) in [5.41, 5.74) is 2.60. The van der Waals surface area contributed by atoms with E-state index in [-0.39, 0.29) is 18.6 Å². The Hall–Kier alpha value is -2.98. The van der Waals surface area contributed by atoms with Crippen LogP contribution in [0.15, 0.2) is 24.3 Å². The number of likely N-dealkylation sites (N-methyl/N-ethyl adjacent to an activating group) is 1. The molecule has 1 aliphatic carbocycles. The third-order valence-corrected chi connectivity index (χ3v) is 6.66. The minimum Gasteiger partial charge on any atom is -0.486 e. The number of carbonyl (C=O) groups excluding carboxylic acids is 1. The molecule has 1 aromatic heterocycles. The van der Waals surface area contributed by atoms with Crippen LogP contribution >= 0.6 is 0 Å². The van der Waals surface area contributed by atoms with Crippen molar-refractivity contribution in [3.63, 3.8) is 0 Å². The van der Waals surface area contributed by atoms with Crippen molar-refractivity contribution in [2.75, 3.05) is 31.6 Å². The Morgan fingerprint density at radius 2 is 1.97 bits per heavy atom. The van der Waals surface area contributed by atoms with Crippen LogP contribution in [0.4, 0.5) is 5.82 Å². The summed E-state index contributed by atoms with van der Waals surface area (Å²) in [6.45, 7) is 8.02. The SMILES string of the molecule is CCN(CC(=O)Nc1c(C#N)c(C)c(C)n1C1CCCC1)C[C@@H]1COc2ccccc2O1. The molecule has 1 N–H and O–H groups in total. The van der Waals surface area contributed by atoms with Crippen molar-refractivity contribution in [1.82, 2.24) is 9.47 Å². The predicted octanol–water partition coefficient (Wildman–Crippen LogP) is 4.19. The van der Waals surface area contributed by atoms with Crippen LogP contribution < -0.4 is 14.8 Å². The van der Waals surface area contributed by atoms with Crippen molar-refractivity contribution in [3.8, 4) is 17.6 Å². The molecule has 1 fully saturated rings. The summed E-state index contributed by atoms with van der Waals surface area (Å²) in [6, 6.07) is 10.3. The van der Waals surface area contributed by atoms with Crippen LogP contribution in [0.1, 0.15) is 55.5 Å². The van der Waals surface area contributed by atoms with Gasteiger partial charge in [0, 0.05) is 18.3 Å². The number of rotatable bonds is 7. The number of aromatic nitrogens is 1. The van der Waals surface area contributed by atoms with Gasteiger partial charge in [0.05, 0.1) is 12.1 Å². The maximum absolute atomic E-state index is 13.0. The van der Waals surface area contributed by atoms with Gasteiger partial charge in [0.15, 0.2) is 11.5 Å². The summed E-state index contributed by atoms with van der Waals surface area (Å²) in [5.74, 6) is 2.04. The minimum absolute atomic E-state index is 0.114. The molecule has 0 bridgehead atoms. The van der Waals surface area contributed by atoms with Crippen molar-refractivity contribution in [1.29, 1.82) is 5.26 Å². The number of fused-ring (bicyclic) bond motifs is 1. The van der Waals surface area contributed by atoms with Crippen LogP contribution in [0.5, 0.6) is 11.5 Å². The van der Waals surface area contributed by atoms with E-state index in [1.54, 1.807) is 0 Å². The van der Waals surface area contributed by atoms with E-state index >= 15 is 0 Å². The molecular formula is C25H32N4O3. The molecule has 170 valence electrons. The van der Waals surface area contributed by atoms with Crippen molar-refractivity contribution in [2.45, 2.75) is 58.6 Å². The molecule has 1 atom stereocenters. The second kappa shape index (κ2) is 9.66. The molecule has 4 rings (SSSR count). The maximum atomic E-state index is 13.0. The van der Waals surface area contributed by atoms with Crippen LogP contribution in [0.2, 0.25) is 0 Å². The smallest absolute Gasteiger partial charge is 0.239 e. The minimum atomic E-state index is -0.140. The highest BCUT2D eigenvalue weighted by Gasteiger charge is 2.28. The van der Waals surface area contributed by atoms with Crippen molar-refractivity contribution in [3.05, 3.63) is 41.1 Å². The molecule has 2 aromatic rings. The Labute approximate surface area is 189 Å². The summed E-state index contributed by atoms with van der Waals surface area (Å²) < 4.78 is 14.1. The van der Waals surface area contributed by atoms with Gasteiger partial charge in [-0.05, 0) is 50.9 Å². The number of ether oxygens (including phenoxy) is 2. The predicted molar refractivity (Wildman–Crippen MR) is 123 cm³/mol. The van der Waals surface area contributed by atoms with Gasteiger partial charge < -0.3 is 19.4 Å². The lowest BCUT2D eigenvalue weighted by molar-refractivity contribution is -0.117. The van der Waals surface area contributed by atoms with Crippen LogP contribution in [-0.2, 0) is 4.79 Å². The average Bonchev–Trinajstić information content (AvgIpc) is 3.40. The summed E-state index contributed by atoms with van der Waals surface area (Å²) in [5, 5.41) is 12.8. The molecule has 1 saturated carbocycles. The van der Waals surface area contributed by atoms with Gasteiger partial charge in [0.25, 0.3) is 0 Å². The van der Waals surface area contributed by atoms with Crippen molar-refractivity contribution >= 4 is 11.7 Å². The Balaban J connectivity index is 1.44. The fourth-order valence-electron chi connectivity index (χ4n) is 4.83. The average molecular weight is 437 g/mol. The highest BCUT2D eigenvalue weighted by Crippen LogP contribution is 2.37. The van der Waals surface area contributed by atoms with Crippen molar-refractivity contribution < 1.29 is 14.3 Å². The molecule has 2 aliphatic rings. The van der Waals surface area contributed by atoms with E-state index < -0.39 is 0 Å². The molecule has 0 unspecified atom stereocenters. The number of amides is 1. The fraction of sp³-hybridized carbons (Fsp3) is 0.520. The highest BCUT2D eigenvalue weighted by atomic mass is 16.6. The topological polar surface area (TPSA) is 79.5 Å². The van der Waals surface area contributed by atoms with Gasteiger partial charge in [-0.15, -0.1) is 0 Å². The Kier molecular flexibility index (Phi) is 6.71. The molecule has 1 aliphatic heterocycles. The number of anilines is 1. The van der Waals surface area contributed by atoms with Crippen molar-refractivity contribution in [2.24, 2.45) is 0 Å². The number of hydrogen-bond acceptors (Lipinski definition) is 5. The van der Waals surface area contributed by atoms with Gasteiger partial charge in [-0.25, -0.2) is 0 Å². The number of hydrogen-bond donors (Lipinski definition) is 1. The van der Waals surface area contributed by atoms with E-state index in [4.69, 9.17) is 9.47 Å². The number of para-hydroxylation sites is 2. The van der Waals surface area contributed by atoms with Crippen LogP contribution in [0.3, 0.4) is 0 Å². The second-order valence-electron chi connectivity index (χ2n) is 8.73. The third kappa shape index (κ3) is 4.46. The van der Waals surface area contributed by atoms with E-state index in [0.717, 1.165) is 35.6 Å². The molecule has 7 nitrogen and oxygen atoms in total. The molecule has 7 heteroatoms. The fourth-order valence-corrected chi connectivity index (χ4v) is 4.83. The second-order valence-corrected chi connectivity index (χ2v) is 8.73. The standard InChI is InChI=1S/C25H32N4O3/c1-4-28(14-20-16-31-22-11-7-8-12-23(22)32-20)15-24(30)27-25-21(13-26)17(2)18(3)29(25)19-9-5-6-10-19/h7-8,11-12,19-20H,4-6,9-10,14-16H2,1-3H3,(H,27,30)/t20-/m1/s1. The molecule has 1 amide bonds. The lowest BCUT2D eigenvalue weighted by Crippen LogP contribution is -2.43. The molecule has 0 spiro atoms. The molecular weight excluding hydrogens is 404 g/mol. The number of benzene rings is 1. The molecule has 32 heavy (non-hydrogen) atoms. The Morgan fingerprint density at radius 3 is 2.66 bits per heavy atom. The lowest BCUT2D eigenvalue weighted by Gasteiger charge is -2.30. The maximum Gasteiger partial charge on any atom is 0.239 e. The summed E-state index contributed by atoms with van der Waals surface area (Å²) in [4.78, 5) is 15.1. The van der Waals surface area contributed by atoms with E-state index in [2.05, 4.69) is 16.0 Å². The van der Waals surface area contributed by atoms with E-state index in [1.807, 2.05) is 49.9 Å². The van der Waals surface area contributed by atoms with Crippen LogP contribution in [0.25, 0.3) is 0 Å². The number of carbonyl (C=O) groups is 1. The molecule has 1 aromatic carbocycles. The first kappa shape index (κ1) is 22.2. The number of nitriles is 1. The largest absolute Gasteiger partial charge is 0.486 e. The molecule has 0 saturated heterocycles. The van der Waals surface area contributed by atoms with Gasteiger partial charge in [-0.2, -0.15) is 5.26 Å². The first-order chi connectivity index (χ1) is 15.5. The van der Waals surface area contributed by atoms with E-state index in [0.29, 0.717) is 37.1 Å². The quantitative estimate of drug-likeness (QED) is 0.704. The number of nitrogens with one attached hydrogen (secondary N) is 1. The van der Waals surface area contributed by atoms with Gasteiger partial charge in [-0.3, -0.25) is 9.69 Å². The zero-order valence-corrected chi connectivity index (χ0v) is 19.2. The van der Waals surface area contributed by atoms with Crippen LogP contribution in [0, 0.1) is 25.2 Å². The van der Waals surface area contributed by atoms with E-state index in [9.17, 15) is 10.1 Å². The summed E-state index contributed by atoms with van der Waals surface area (Å²) >= 11 is 0. The number of nitrogens with zero attached hydrogens (tertiary/aromatic N) is 3. The zero-order valence-electron chi connectivity index (χ0n) is 19.2. The van der Waals surface area contributed by atoms with Crippen LogP contribution in [-0.4, -0.2) is 47.7 Å². The zero-order chi connectivity index (χ0) is 22.7. The molecule has 0 radical (unpaired) electrons. The van der Waals surface area contributed by atoms with Gasteiger partial charge >= 0.3 is 0 Å². The Morgan fingerprint density at radius 1 is 1.25 bits per heavy atom. The normalized spacial score (nSPS) is 18.0. The highest BCUT2D eigenvalue weighted by molar-refractivity contribution is 5.93. The third-order valence-electron chi connectivity index (χ3n) is 6.66. The van der Waals surface area contributed by atoms with Gasteiger partial charge in [0.1, 0.15) is 24.6 Å².